The van der Waals surface area contributed by atoms with Gasteiger partial charge in [0.2, 0.25) is 5.91 Å². The molecule has 21 heavy (non-hydrogen) atoms. The summed E-state index contributed by atoms with van der Waals surface area (Å²) in [5.41, 5.74) is 0.464. The molecule has 1 saturated heterocycles. The van der Waals surface area contributed by atoms with E-state index in [-0.39, 0.29) is 30.1 Å². The van der Waals surface area contributed by atoms with Gasteiger partial charge in [-0.2, -0.15) is 0 Å². The molecule has 1 aromatic rings. The Labute approximate surface area is 123 Å². The van der Waals surface area contributed by atoms with Gasteiger partial charge in [0.25, 0.3) is 5.91 Å². The Morgan fingerprint density at radius 2 is 1.71 bits per heavy atom. The molecule has 3 rings (SSSR count). The molecule has 112 valence electrons. The zero-order valence-electron chi connectivity index (χ0n) is 11.9. The second-order valence-corrected chi connectivity index (χ2v) is 5.94. The van der Waals surface area contributed by atoms with Gasteiger partial charge in [0.1, 0.15) is 5.82 Å². The Morgan fingerprint density at radius 1 is 1.05 bits per heavy atom. The quantitative estimate of drug-likeness (QED) is 0.855. The minimum atomic E-state index is -0.372. The van der Waals surface area contributed by atoms with Crippen LogP contribution in [-0.4, -0.2) is 23.9 Å². The summed E-state index contributed by atoms with van der Waals surface area (Å²) in [6.07, 6.45) is 6.16. The summed E-state index contributed by atoms with van der Waals surface area (Å²) in [5.74, 6) is -0.732. The van der Waals surface area contributed by atoms with Gasteiger partial charge >= 0.3 is 0 Å². The van der Waals surface area contributed by atoms with Crippen LogP contribution in [0.25, 0.3) is 0 Å². The number of halogens is 1. The van der Waals surface area contributed by atoms with E-state index in [0.29, 0.717) is 11.7 Å². The highest BCUT2D eigenvalue weighted by atomic mass is 19.1. The van der Waals surface area contributed by atoms with Crippen molar-refractivity contribution in [3.8, 4) is 0 Å². The van der Waals surface area contributed by atoms with Gasteiger partial charge in [-0.1, -0.05) is 6.42 Å². The smallest absolute Gasteiger partial charge is 0.292 e. The summed E-state index contributed by atoms with van der Waals surface area (Å²) in [4.78, 5) is 25.8. The minimum absolute atomic E-state index is 0.169. The lowest BCUT2D eigenvalue weighted by Crippen LogP contribution is -2.96. The second kappa shape index (κ2) is 5.93. The first-order valence-electron chi connectivity index (χ1n) is 7.62. The van der Waals surface area contributed by atoms with Crippen molar-refractivity contribution in [2.45, 2.75) is 50.6 Å². The van der Waals surface area contributed by atoms with Crippen molar-refractivity contribution in [2.24, 2.45) is 0 Å². The molecule has 1 atom stereocenters. The largest absolute Gasteiger partial charge is 0.333 e. The fourth-order valence-electron chi connectivity index (χ4n) is 3.32. The first-order chi connectivity index (χ1) is 10.1. The van der Waals surface area contributed by atoms with Crippen molar-refractivity contribution in [1.82, 2.24) is 0 Å². The standard InChI is InChI=1S/C16H19FN2O2/c17-11-6-8-13(9-7-11)19-15(20)10-14(16(19)21)18-12-4-2-1-3-5-12/h6-9,12,14,18H,1-5,10H2/p+1/t14-/m0/s1. The lowest BCUT2D eigenvalue weighted by molar-refractivity contribution is -0.710. The second-order valence-electron chi connectivity index (χ2n) is 5.94. The zero-order valence-corrected chi connectivity index (χ0v) is 11.9. The van der Waals surface area contributed by atoms with Crippen LogP contribution in [0.1, 0.15) is 38.5 Å². The predicted octanol–water partition coefficient (Wildman–Crippen LogP) is 1.35. The predicted molar refractivity (Wildman–Crippen MR) is 76.1 cm³/mol. The number of amides is 2. The van der Waals surface area contributed by atoms with Crippen molar-refractivity contribution in [3.05, 3.63) is 30.1 Å². The van der Waals surface area contributed by atoms with Crippen LogP contribution in [0.4, 0.5) is 10.1 Å². The molecule has 5 heteroatoms. The summed E-state index contributed by atoms with van der Waals surface area (Å²) in [7, 11) is 0. The molecule has 2 amide bonds. The summed E-state index contributed by atoms with van der Waals surface area (Å²) >= 11 is 0. The van der Waals surface area contributed by atoms with Crippen molar-refractivity contribution in [1.29, 1.82) is 0 Å². The number of hydrogen-bond donors (Lipinski definition) is 1. The molecule has 0 radical (unpaired) electrons. The number of anilines is 1. The molecule has 0 unspecified atom stereocenters. The average molecular weight is 291 g/mol. The number of quaternary nitrogens is 1. The van der Waals surface area contributed by atoms with Gasteiger partial charge in [-0.25, -0.2) is 9.29 Å². The van der Waals surface area contributed by atoms with Crippen LogP contribution in [0.2, 0.25) is 0 Å². The number of benzene rings is 1. The van der Waals surface area contributed by atoms with E-state index in [1.165, 1.54) is 48.4 Å². The van der Waals surface area contributed by atoms with Gasteiger partial charge < -0.3 is 5.32 Å². The lowest BCUT2D eigenvalue weighted by Gasteiger charge is -2.22. The molecule has 0 bridgehead atoms. The Morgan fingerprint density at radius 3 is 2.38 bits per heavy atom. The molecule has 2 N–H and O–H groups in total. The molecule has 0 aromatic heterocycles. The van der Waals surface area contributed by atoms with E-state index in [1.54, 1.807) is 0 Å². The Hall–Kier alpha value is -1.75. The first kappa shape index (κ1) is 14.2. The lowest BCUT2D eigenvalue weighted by atomic mass is 9.95. The van der Waals surface area contributed by atoms with Crippen LogP contribution >= 0.6 is 0 Å². The van der Waals surface area contributed by atoms with E-state index in [0.717, 1.165) is 12.8 Å². The van der Waals surface area contributed by atoms with Crippen LogP contribution in [0, 0.1) is 5.82 Å². The Bertz CT molecular complexity index is 538. The SMILES string of the molecule is O=C1C[C@H]([NH2+]C2CCCCC2)C(=O)N1c1ccc(F)cc1. The molecular weight excluding hydrogens is 271 g/mol. The third-order valence-corrected chi connectivity index (χ3v) is 4.42. The van der Waals surface area contributed by atoms with Crippen LogP contribution in [0.15, 0.2) is 24.3 Å². The van der Waals surface area contributed by atoms with E-state index in [9.17, 15) is 14.0 Å². The molecule has 1 heterocycles. The van der Waals surface area contributed by atoms with Crippen molar-refractivity contribution < 1.29 is 19.3 Å². The molecule has 4 nitrogen and oxygen atoms in total. The van der Waals surface area contributed by atoms with Crippen LogP contribution in [0.5, 0.6) is 0 Å². The normalized spacial score (nSPS) is 23.9. The number of carbonyl (C=O) groups excluding carboxylic acids is 2. The van der Waals surface area contributed by atoms with Crippen molar-refractivity contribution >= 4 is 17.5 Å². The molecule has 1 aromatic carbocycles. The number of rotatable bonds is 3. The number of imide groups is 1. The maximum Gasteiger partial charge on any atom is 0.292 e. The fraction of sp³-hybridized carbons (Fsp3) is 0.500. The van der Waals surface area contributed by atoms with E-state index in [1.807, 2.05) is 0 Å². The van der Waals surface area contributed by atoms with Crippen LogP contribution < -0.4 is 10.2 Å². The van der Waals surface area contributed by atoms with Gasteiger partial charge in [0.05, 0.1) is 18.2 Å². The summed E-state index contributed by atoms with van der Waals surface area (Å²) < 4.78 is 13.0. The molecule has 1 aliphatic carbocycles. The van der Waals surface area contributed by atoms with Crippen LogP contribution in [0.3, 0.4) is 0 Å². The monoisotopic (exact) mass is 291 g/mol. The highest BCUT2D eigenvalue weighted by Gasteiger charge is 2.43. The van der Waals surface area contributed by atoms with E-state index in [4.69, 9.17) is 0 Å². The van der Waals surface area contributed by atoms with Gasteiger partial charge in [-0.05, 0) is 49.9 Å². The van der Waals surface area contributed by atoms with Gasteiger partial charge in [0, 0.05) is 0 Å². The Balaban J connectivity index is 1.71. The highest BCUT2D eigenvalue weighted by Crippen LogP contribution is 2.22. The molecular formula is C16H20FN2O2+. The summed E-state index contributed by atoms with van der Waals surface area (Å²) in [5, 5.41) is 2.07. The molecule has 1 aliphatic heterocycles. The Kier molecular flexibility index (Phi) is 4.01. The first-order valence-corrected chi connectivity index (χ1v) is 7.62. The number of carbonyl (C=O) groups is 2. The topological polar surface area (TPSA) is 54.0 Å². The zero-order chi connectivity index (χ0) is 14.8. The highest BCUT2D eigenvalue weighted by molar-refractivity contribution is 6.21. The van der Waals surface area contributed by atoms with E-state index >= 15 is 0 Å². The number of hydrogen-bond acceptors (Lipinski definition) is 2. The third kappa shape index (κ3) is 2.97. The van der Waals surface area contributed by atoms with E-state index < -0.39 is 0 Å². The molecule has 0 spiro atoms. The molecule has 1 saturated carbocycles. The average Bonchev–Trinajstić information content (AvgIpc) is 2.76. The maximum atomic E-state index is 13.0. The summed E-state index contributed by atoms with van der Waals surface area (Å²) in [6, 6.07) is 5.64. The third-order valence-electron chi connectivity index (χ3n) is 4.42. The van der Waals surface area contributed by atoms with Gasteiger partial charge in [-0.15, -0.1) is 0 Å². The van der Waals surface area contributed by atoms with Crippen LogP contribution in [-0.2, 0) is 9.59 Å². The van der Waals surface area contributed by atoms with Crippen molar-refractivity contribution in [3.63, 3.8) is 0 Å². The summed E-state index contributed by atoms with van der Waals surface area (Å²) in [6.45, 7) is 0. The van der Waals surface area contributed by atoms with Crippen molar-refractivity contribution in [2.75, 3.05) is 4.90 Å². The van der Waals surface area contributed by atoms with Gasteiger partial charge in [0.15, 0.2) is 6.04 Å². The van der Waals surface area contributed by atoms with E-state index in [2.05, 4.69) is 5.32 Å². The number of nitrogens with zero attached hydrogens (tertiary/aromatic N) is 1. The molecule has 2 aliphatic rings. The fourth-order valence-corrected chi connectivity index (χ4v) is 3.32. The van der Waals surface area contributed by atoms with Gasteiger partial charge in [-0.3, -0.25) is 9.59 Å². The maximum absolute atomic E-state index is 13.0. The minimum Gasteiger partial charge on any atom is -0.333 e. The number of nitrogens with two attached hydrogens (primary N) is 1. The molecule has 2 fully saturated rings.